The largest absolute Gasteiger partial charge is 0.478 e. The second-order valence-electron chi connectivity index (χ2n) is 6.75. The monoisotopic (exact) mass is 446 g/mol. The van der Waals surface area contributed by atoms with Crippen LogP contribution in [0, 0.1) is 18.6 Å². The number of para-hydroxylation sites is 2. The lowest BCUT2D eigenvalue weighted by molar-refractivity contribution is -0.122. The third-order valence-electron chi connectivity index (χ3n) is 4.37. The maximum Gasteiger partial charge on any atom is 0.265 e. The minimum atomic E-state index is -4.12. The van der Waals surface area contributed by atoms with Crippen molar-refractivity contribution in [1.82, 2.24) is 0 Å². The number of hydrogen-bond donors (Lipinski definition) is 2. The molecule has 9 heteroatoms. The number of carbonyl (C=O) groups excluding carboxylic acids is 1. The van der Waals surface area contributed by atoms with Crippen LogP contribution in [0.4, 0.5) is 20.2 Å². The highest BCUT2D eigenvalue weighted by atomic mass is 32.2. The summed E-state index contributed by atoms with van der Waals surface area (Å²) in [4.78, 5) is 12.3. The molecule has 0 saturated heterocycles. The number of benzene rings is 3. The zero-order valence-electron chi connectivity index (χ0n) is 16.7. The number of anilines is 2. The fourth-order valence-electron chi connectivity index (χ4n) is 2.74. The number of rotatable bonds is 7. The topological polar surface area (TPSA) is 84.5 Å². The minimum Gasteiger partial charge on any atom is -0.478 e. The Morgan fingerprint density at radius 1 is 0.968 bits per heavy atom. The van der Waals surface area contributed by atoms with E-state index in [0.29, 0.717) is 5.56 Å². The smallest absolute Gasteiger partial charge is 0.265 e. The van der Waals surface area contributed by atoms with Gasteiger partial charge in [-0.2, -0.15) is 0 Å². The second kappa shape index (κ2) is 9.13. The molecule has 0 heterocycles. The van der Waals surface area contributed by atoms with Gasteiger partial charge in [0.25, 0.3) is 15.9 Å². The standard InChI is InChI=1S/C22H20F2N2O4S/c1-14-11-12-16(25-22(27)15(2)30-20-10-6-4-8-18(20)24)13-21(14)31(28,29)26-19-9-5-3-7-17(19)23/h3-13,15,26H,1-2H3,(H,25,27). The number of hydrogen-bond acceptors (Lipinski definition) is 4. The Morgan fingerprint density at radius 3 is 2.29 bits per heavy atom. The van der Waals surface area contributed by atoms with Gasteiger partial charge in [0.15, 0.2) is 17.7 Å². The molecule has 0 bridgehead atoms. The first-order valence-electron chi connectivity index (χ1n) is 9.27. The molecule has 2 N–H and O–H groups in total. The zero-order valence-corrected chi connectivity index (χ0v) is 17.5. The first-order valence-corrected chi connectivity index (χ1v) is 10.8. The third kappa shape index (κ3) is 5.37. The molecule has 0 aromatic heterocycles. The van der Waals surface area contributed by atoms with Gasteiger partial charge in [-0.25, -0.2) is 17.2 Å². The lowest BCUT2D eigenvalue weighted by Crippen LogP contribution is -2.30. The van der Waals surface area contributed by atoms with Crippen molar-refractivity contribution in [3.8, 4) is 5.75 Å². The first kappa shape index (κ1) is 22.2. The van der Waals surface area contributed by atoms with Crippen LogP contribution in [0.2, 0.25) is 0 Å². The summed E-state index contributed by atoms with van der Waals surface area (Å²) in [6.07, 6.45) is -1.05. The van der Waals surface area contributed by atoms with Crippen molar-refractivity contribution < 1.29 is 26.7 Å². The first-order chi connectivity index (χ1) is 14.7. The van der Waals surface area contributed by atoms with Crippen molar-refractivity contribution in [3.05, 3.63) is 83.9 Å². The number of carbonyl (C=O) groups is 1. The minimum absolute atomic E-state index is 0.0774. The predicted molar refractivity (Wildman–Crippen MR) is 114 cm³/mol. The van der Waals surface area contributed by atoms with Gasteiger partial charge in [-0.1, -0.05) is 30.3 Å². The van der Waals surface area contributed by atoms with E-state index >= 15 is 0 Å². The van der Waals surface area contributed by atoms with Gasteiger partial charge in [0.2, 0.25) is 0 Å². The van der Waals surface area contributed by atoms with E-state index in [2.05, 4.69) is 10.0 Å². The van der Waals surface area contributed by atoms with E-state index in [0.717, 1.165) is 6.07 Å². The van der Waals surface area contributed by atoms with E-state index in [1.54, 1.807) is 13.0 Å². The zero-order chi connectivity index (χ0) is 22.6. The Morgan fingerprint density at radius 2 is 1.61 bits per heavy atom. The van der Waals surface area contributed by atoms with Gasteiger partial charge in [-0.05, 0) is 55.8 Å². The van der Waals surface area contributed by atoms with E-state index in [1.807, 2.05) is 0 Å². The summed E-state index contributed by atoms with van der Waals surface area (Å²) in [6.45, 7) is 3.01. The fourth-order valence-corrected chi connectivity index (χ4v) is 4.08. The molecular formula is C22H20F2N2O4S. The molecular weight excluding hydrogens is 426 g/mol. The highest BCUT2D eigenvalue weighted by Gasteiger charge is 2.21. The molecule has 31 heavy (non-hydrogen) atoms. The molecule has 0 saturated carbocycles. The van der Waals surface area contributed by atoms with Crippen LogP contribution in [-0.4, -0.2) is 20.4 Å². The van der Waals surface area contributed by atoms with E-state index < -0.39 is 33.7 Å². The van der Waals surface area contributed by atoms with Crippen LogP contribution in [0.3, 0.4) is 0 Å². The maximum atomic E-state index is 13.9. The Hall–Kier alpha value is -3.46. The van der Waals surface area contributed by atoms with Crippen LogP contribution in [0.1, 0.15) is 12.5 Å². The van der Waals surface area contributed by atoms with Crippen molar-refractivity contribution >= 4 is 27.3 Å². The van der Waals surface area contributed by atoms with E-state index in [1.165, 1.54) is 61.5 Å². The van der Waals surface area contributed by atoms with Gasteiger partial charge in [0.1, 0.15) is 5.82 Å². The molecule has 162 valence electrons. The molecule has 0 spiro atoms. The summed E-state index contributed by atoms with van der Waals surface area (Å²) in [6, 6.07) is 15.3. The molecule has 3 aromatic rings. The third-order valence-corrected chi connectivity index (χ3v) is 5.88. The number of ether oxygens (including phenoxy) is 1. The highest BCUT2D eigenvalue weighted by molar-refractivity contribution is 7.92. The van der Waals surface area contributed by atoms with Crippen molar-refractivity contribution in [2.24, 2.45) is 0 Å². The molecule has 0 aliphatic heterocycles. The highest BCUT2D eigenvalue weighted by Crippen LogP contribution is 2.24. The summed E-state index contributed by atoms with van der Waals surface area (Å²) in [5, 5.41) is 2.54. The van der Waals surface area contributed by atoms with E-state index in [9.17, 15) is 22.0 Å². The van der Waals surface area contributed by atoms with Crippen LogP contribution < -0.4 is 14.8 Å². The summed E-state index contributed by atoms with van der Waals surface area (Å²) in [5.74, 6) is -2.00. The number of amides is 1. The maximum absolute atomic E-state index is 13.9. The van der Waals surface area contributed by atoms with E-state index in [4.69, 9.17) is 4.74 Å². The summed E-state index contributed by atoms with van der Waals surface area (Å²) in [5.41, 5.74) is 0.397. The Labute approximate surface area is 178 Å². The molecule has 1 unspecified atom stereocenters. The Bertz CT molecular complexity index is 1220. The van der Waals surface area contributed by atoms with Crippen LogP contribution in [0.15, 0.2) is 71.6 Å². The van der Waals surface area contributed by atoms with Crippen LogP contribution >= 0.6 is 0 Å². The summed E-state index contributed by atoms with van der Waals surface area (Å²) in [7, 11) is -4.12. The molecule has 0 aliphatic rings. The predicted octanol–water partition coefficient (Wildman–Crippen LogP) is 4.48. The van der Waals surface area contributed by atoms with Crippen molar-refractivity contribution in [1.29, 1.82) is 0 Å². The number of aryl methyl sites for hydroxylation is 1. The fraction of sp³-hybridized carbons (Fsp3) is 0.136. The number of nitrogens with one attached hydrogen (secondary N) is 2. The average Bonchev–Trinajstić information content (AvgIpc) is 2.72. The van der Waals surface area contributed by atoms with Crippen LogP contribution in [0.25, 0.3) is 0 Å². The molecule has 6 nitrogen and oxygen atoms in total. The van der Waals surface area contributed by atoms with Crippen LogP contribution in [-0.2, 0) is 14.8 Å². The lowest BCUT2D eigenvalue weighted by atomic mass is 10.2. The lowest BCUT2D eigenvalue weighted by Gasteiger charge is -2.16. The molecule has 1 amide bonds. The normalized spacial score (nSPS) is 12.1. The number of sulfonamides is 1. The molecule has 1 atom stereocenters. The van der Waals surface area contributed by atoms with Gasteiger partial charge >= 0.3 is 0 Å². The summed E-state index contributed by atoms with van der Waals surface area (Å²) < 4.78 is 60.7. The Balaban J connectivity index is 1.78. The molecule has 0 aliphatic carbocycles. The van der Waals surface area contributed by atoms with Crippen molar-refractivity contribution in [2.75, 3.05) is 10.0 Å². The van der Waals surface area contributed by atoms with Gasteiger partial charge in [-0.3, -0.25) is 9.52 Å². The van der Waals surface area contributed by atoms with Gasteiger partial charge < -0.3 is 10.1 Å². The van der Waals surface area contributed by atoms with Crippen LogP contribution in [0.5, 0.6) is 5.75 Å². The van der Waals surface area contributed by atoms with E-state index in [-0.39, 0.29) is 22.0 Å². The SMILES string of the molecule is Cc1ccc(NC(=O)C(C)Oc2ccccc2F)cc1S(=O)(=O)Nc1ccccc1F. The summed E-state index contributed by atoms with van der Waals surface area (Å²) >= 11 is 0. The molecule has 0 fully saturated rings. The number of halogens is 2. The van der Waals surface area contributed by atoms with Gasteiger partial charge in [0, 0.05) is 5.69 Å². The van der Waals surface area contributed by atoms with Crippen molar-refractivity contribution in [3.63, 3.8) is 0 Å². The van der Waals surface area contributed by atoms with Crippen molar-refractivity contribution in [2.45, 2.75) is 24.8 Å². The molecule has 3 rings (SSSR count). The quantitative estimate of drug-likeness (QED) is 0.561. The molecule has 3 aromatic carbocycles. The second-order valence-corrected chi connectivity index (χ2v) is 8.40. The van der Waals surface area contributed by atoms with Gasteiger partial charge in [-0.15, -0.1) is 0 Å². The Kier molecular flexibility index (Phi) is 6.55. The molecule has 0 radical (unpaired) electrons. The average molecular weight is 446 g/mol. The van der Waals surface area contributed by atoms with Gasteiger partial charge in [0.05, 0.1) is 10.6 Å².